The van der Waals surface area contributed by atoms with Crippen LogP contribution < -0.4 is 0 Å². The molecule has 0 spiro atoms. The van der Waals surface area contributed by atoms with Gasteiger partial charge in [0.1, 0.15) is 0 Å². The number of hydrogen-bond acceptors (Lipinski definition) is 0. The van der Waals surface area contributed by atoms with E-state index >= 15 is 0 Å². The first kappa shape index (κ1) is 11.7. The Hall–Kier alpha value is 1.68. The maximum absolute atomic E-state index is 6.04. The summed E-state index contributed by atoms with van der Waals surface area (Å²) in [5.41, 5.74) is 1.15. The third-order valence-corrected chi connectivity index (χ3v) is 23.9. The van der Waals surface area contributed by atoms with E-state index in [-0.39, 0.29) is 5.43 Å². The van der Waals surface area contributed by atoms with Crippen LogP contribution in [0.15, 0.2) is 0 Å². The van der Waals surface area contributed by atoms with E-state index in [2.05, 4.69) is 27.7 Å². The molecule has 0 N–H and O–H groups in total. The fraction of sp³-hybridized carbons (Fsp3) is 1.00. The van der Waals surface area contributed by atoms with Gasteiger partial charge >= 0.3 is 79.2 Å². The first-order valence-corrected chi connectivity index (χ1v) is 15.2. The van der Waals surface area contributed by atoms with E-state index in [0.29, 0.717) is 0 Å². The topological polar surface area (TPSA) is 0 Å². The fourth-order valence-corrected chi connectivity index (χ4v) is 25.2. The molecule has 10 heavy (non-hydrogen) atoms. The molecule has 0 aliphatic heterocycles. The summed E-state index contributed by atoms with van der Waals surface area (Å²) >= 11 is -1.87. The van der Waals surface area contributed by atoms with Gasteiger partial charge in [0.05, 0.1) is 0 Å². The standard InChI is InChI=1S/C6H14Si.2ClH.Zr/c1-5(2)7-6(3)4;;;/h5-6H,1-4H3;2*1H;/q;;;+2/p-2. The molecule has 0 saturated heterocycles. The molecule has 0 aromatic heterocycles. The molecule has 0 atom stereocenters. The Morgan fingerprint density at radius 1 is 1.00 bits per heavy atom. The summed E-state index contributed by atoms with van der Waals surface area (Å²) in [6.07, 6.45) is 0. The van der Waals surface area contributed by atoms with E-state index in [4.69, 9.17) is 17.0 Å². The molecule has 0 rings (SSSR count). The molecule has 0 saturated carbocycles. The molecule has 0 aliphatic carbocycles. The van der Waals surface area contributed by atoms with Crippen molar-refractivity contribution in [1.82, 2.24) is 0 Å². The van der Waals surface area contributed by atoms with Crippen LogP contribution in [0.1, 0.15) is 27.7 Å². The molecule has 0 bridgehead atoms. The predicted octanol–water partition coefficient (Wildman–Crippen LogP) is 3.72. The summed E-state index contributed by atoms with van der Waals surface area (Å²) in [5, 5.41) is 0. The van der Waals surface area contributed by atoms with Crippen molar-refractivity contribution in [2.75, 3.05) is 0 Å². The average Bonchev–Trinajstić information content (AvgIpc) is 1.59. The zero-order valence-electron chi connectivity index (χ0n) is 6.91. The summed E-state index contributed by atoms with van der Waals surface area (Å²) in [4.78, 5) is 0. The zero-order valence-corrected chi connectivity index (χ0v) is 11.9. The molecule has 60 valence electrons. The summed E-state index contributed by atoms with van der Waals surface area (Å²) in [6, 6.07) is 0. The second-order valence-corrected chi connectivity index (χ2v) is 24.1. The number of rotatable bonds is 2. The van der Waals surface area contributed by atoms with Gasteiger partial charge in [0.15, 0.2) is 0 Å². The van der Waals surface area contributed by atoms with Crippen LogP contribution in [-0.4, -0.2) is 5.43 Å². The van der Waals surface area contributed by atoms with Gasteiger partial charge in [-0.05, 0) is 0 Å². The molecule has 0 aromatic rings. The molecule has 0 amide bonds. The normalized spacial score (nSPS) is 10.8. The van der Waals surface area contributed by atoms with E-state index in [1.807, 2.05) is 0 Å². The van der Waals surface area contributed by atoms with Crippen LogP contribution in [0.2, 0.25) is 11.1 Å². The van der Waals surface area contributed by atoms with Crippen LogP contribution in [0.25, 0.3) is 0 Å². The van der Waals surface area contributed by atoms with Gasteiger partial charge in [0, 0.05) is 0 Å². The van der Waals surface area contributed by atoms with Gasteiger partial charge in [-0.25, -0.2) is 0 Å². The molecular weight excluding hydrogens is 262 g/mol. The minimum absolute atomic E-state index is 0.368. The third-order valence-electron chi connectivity index (χ3n) is 1.46. The predicted molar refractivity (Wildman–Crippen MR) is 47.7 cm³/mol. The Morgan fingerprint density at radius 2 is 1.30 bits per heavy atom. The van der Waals surface area contributed by atoms with E-state index < -0.39 is 18.0 Å². The van der Waals surface area contributed by atoms with Crippen molar-refractivity contribution in [3.05, 3.63) is 0 Å². The summed E-state index contributed by atoms with van der Waals surface area (Å²) in [5.74, 6) is 0. The Balaban J connectivity index is 4.44. The van der Waals surface area contributed by atoms with Crippen LogP contribution >= 0.6 is 17.0 Å². The van der Waals surface area contributed by atoms with Crippen molar-refractivity contribution >= 4 is 22.5 Å². The van der Waals surface area contributed by atoms with E-state index in [1.54, 1.807) is 0 Å². The van der Waals surface area contributed by atoms with E-state index in [9.17, 15) is 0 Å². The molecule has 0 aromatic carbocycles. The van der Waals surface area contributed by atoms with Crippen LogP contribution in [0, 0.1) is 0 Å². The van der Waals surface area contributed by atoms with E-state index in [1.165, 1.54) is 0 Å². The van der Waals surface area contributed by atoms with Crippen molar-refractivity contribution in [1.29, 1.82) is 0 Å². The average molecular weight is 276 g/mol. The monoisotopic (exact) mass is 274 g/mol. The van der Waals surface area contributed by atoms with Crippen molar-refractivity contribution in [2.45, 2.75) is 38.8 Å². The number of halogens is 2. The molecular formula is C6H14Cl2SiZr. The minimum atomic E-state index is -1.87. The van der Waals surface area contributed by atoms with Gasteiger partial charge in [0.2, 0.25) is 0 Å². The Kier molecular flexibility index (Phi) is 6.25. The first-order chi connectivity index (χ1) is 4.46. The Labute approximate surface area is 78.6 Å². The summed E-state index contributed by atoms with van der Waals surface area (Å²) in [7, 11) is 12.1. The van der Waals surface area contributed by atoms with Gasteiger partial charge in [0.25, 0.3) is 0 Å². The van der Waals surface area contributed by atoms with Gasteiger partial charge in [-0.2, -0.15) is 0 Å². The van der Waals surface area contributed by atoms with Crippen LogP contribution in [0.3, 0.4) is 0 Å². The summed E-state index contributed by atoms with van der Waals surface area (Å²) in [6.45, 7) is 9.00. The molecule has 0 aliphatic rings. The number of hydrogen-bond donors (Lipinski definition) is 0. The van der Waals surface area contributed by atoms with Crippen LogP contribution in [0.5, 0.6) is 0 Å². The molecule has 0 heterocycles. The van der Waals surface area contributed by atoms with Crippen LogP contribution in [0.4, 0.5) is 0 Å². The molecule has 0 unspecified atom stereocenters. The van der Waals surface area contributed by atoms with Gasteiger partial charge < -0.3 is 0 Å². The van der Waals surface area contributed by atoms with Gasteiger partial charge in [-0.3, -0.25) is 0 Å². The molecule has 0 fully saturated rings. The van der Waals surface area contributed by atoms with Gasteiger partial charge in [-0.15, -0.1) is 0 Å². The third kappa shape index (κ3) is 3.90. The zero-order chi connectivity index (χ0) is 8.31. The SMILES string of the molecule is CC(C)[Si](C(C)C)=[Zr]([Cl])[Cl]. The molecule has 0 radical (unpaired) electrons. The van der Waals surface area contributed by atoms with E-state index in [0.717, 1.165) is 11.1 Å². The molecule has 4 heteroatoms. The second kappa shape index (κ2) is 5.35. The van der Waals surface area contributed by atoms with Crippen molar-refractivity contribution in [3.63, 3.8) is 0 Å². The van der Waals surface area contributed by atoms with Crippen molar-refractivity contribution in [2.24, 2.45) is 0 Å². The quantitative estimate of drug-likeness (QED) is 0.674. The molecule has 0 nitrogen and oxygen atoms in total. The van der Waals surface area contributed by atoms with Crippen molar-refractivity contribution < 1.29 is 18.0 Å². The Bertz CT molecular complexity index is 129. The second-order valence-electron chi connectivity index (χ2n) is 3.03. The fourth-order valence-electron chi connectivity index (χ4n) is 1.10. The van der Waals surface area contributed by atoms with Gasteiger partial charge in [-0.1, -0.05) is 0 Å². The maximum atomic E-state index is 6.04. The summed E-state index contributed by atoms with van der Waals surface area (Å²) < 4.78 is 0. The first-order valence-electron chi connectivity index (χ1n) is 3.51. The van der Waals surface area contributed by atoms with Crippen LogP contribution in [-0.2, 0) is 18.0 Å². The van der Waals surface area contributed by atoms with Crippen molar-refractivity contribution in [3.8, 4) is 0 Å². The Morgan fingerprint density at radius 3 is 1.30 bits per heavy atom.